The summed E-state index contributed by atoms with van der Waals surface area (Å²) in [6.45, 7) is 3.61. The largest absolute Gasteiger partial charge is 0.373 e. The van der Waals surface area contributed by atoms with Crippen molar-refractivity contribution >= 4 is 41.3 Å². The van der Waals surface area contributed by atoms with Crippen LogP contribution in [0.15, 0.2) is 59.6 Å². The van der Waals surface area contributed by atoms with Gasteiger partial charge in [-0.2, -0.15) is 0 Å². The molecular weight excluding hydrogens is 399 g/mol. The van der Waals surface area contributed by atoms with Crippen LogP contribution in [0.2, 0.25) is 0 Å². The molecule has 0 fully saturated rings. The van der Waals surface area contributed by atoms with Crippen LogP contribution in [0.4, 0.5) is 11.4 Å². The summed E-state index contributed by atoms with van der Waals surface area (Å²) in [6, 6.07) is 18.5. The number of nitrogens with zero attached hydrogens (tertiary/aromatic N) is 2. The first kappa shape index (κ1) is 19.3. The molecule has 0 aromatic heterocycles. The molecule has 0 bridgehead atoms. The van der Waals surface area contributed by atoms with Crippen LogP contribution < -0.4 is 16.0 Å². The highest BCUT2D eigenvalue weighted by atomic mass is 127. The summed E-state index contributed by atoms with van der Waals surface area (Å²) in [6.07, 6.45) is 1.01. The second-order valence-corrected chi connectivity index (χ2v) is 5.20. The van der Waals surface area contributed by atoms with Gasteiger partial charge in [0, 0.05) is 25.0 Å². The van der Waals surface area contributed by atoms with Crippen molar-refractivity contribution in [2.75, 3.05) is 30.4 Å². The predicted octanol–water partition coefficient (Wildman–Crippen LogP) is 3.73. The lowest BCUT2D eigenvalue weighted by Gasteiger charge is -2.18. The van der Waals surface area contributed by atoms with Gasteiger partial charge in [0.05, 0.1) is 6.54 Å². The quantitative estimate of drug-likeness (QED) is 0.422. The minimum absolute atomic E-state index is 0. The van der Waals surface area contributed by atoms with Crippen molar-refractivity contribution in [1.82, 2.24) is 0 Å². The van der Waals surface area contributed by atoms with Crippen LogP contribution in [0, 0.1) is 0 Å². The molecule has 4 nitrogen and oxygen atoms in total. The van der Waals surface area contributed by atoms with Crippen molar-refractivity contribution in [3.63, 3.8) is 0 Å². The van der Waals surface area contributed by atoms with Gasteiger partial charge in [-0.3, -0.25) is 4.99 Å². The monoisotopic (exact) mass is 424 g/mol. The average molecular weight is 424 g/mol. The third-order valence-electron chi connectivity index (χ3n) is 3.52. The highest BCUT2D eigenvalue weighted by Crippen LogP contribution is 2.11. The predicted molar refractivity (Wildman–Crippen MR) is 111 cm³/mol. The van der Waals surface area contributed by atoms with E-state index in [0.29, 0.717) is 12.5 Å². The summed E-state index contributed by atoms with van der Waals surface area (Å²) < 4.78 is 0. The van der Waals surface area contributed by atoms with Gasteiger partial charge < -0.3 is 16.0 Å². The lowest BCUT2D eigenvalue weighted by molar-refractivity contribution is 0.884. The number of nitrogens with one attached hydrogen (secondary N) is 1. The summed E-state index contributed by atoms with van der Waals surface area (Å²) in [5, 5.41) is 3.14. The van der Waals surface area contributed by atoms with E-state index >= 15 is 0 Å². The second-order valence-electron chi connectivity index (χ2n) is 5.20. The van der Waals surface area contributed by atoms with Crippen LogP contribution in [0.3, 0.4) is 0 Å². The molecule has 23 heavy (non-hydrogen) atoms. The van der Waals surface area contributed by atoms with Crippen LogP contribution in [0.25, 0.3) is 0 Å². The summed E-state index contributed by atoms with van der Waals surface area (Å²) in [4.78, 5) is 6.54. The van der Waals surface area contributed by atoms with Crippen molar-refractivity contribution in [2.45, 2.75) is 13.3 Å². The third kappa shape index (κ3) is 6.48. The zero-order valence-corrected chi connectivity index (χ0v) is 16.0. The molecule has 2 rings (SSSR count). The van der Waals surface area contributed by atoms with Gasteiger partial charge in [0.25, 0.3) is 0 Å². The lowest BCUT2D eigenvalue weighted by Crippen LogP contribution is -2.26. The molecule has 0 saturated carbocycles. The van der Waals surface area contributed by atoms with Gasteiger partial charge in [-0.05, 0) is 36.2 Å². The Labute approximate surface area is 155 Å². The Morgan fingerprint density at radius 1 is 1.13 bits per heavy atom. The van der Waals surface area contributed by atoms with Crippen molar-refractivity contribution in [3.8, 4) is 0 Å². The molecule has 0 aliphatic carbocycles. The molecule has 0 aliphatic heterocycles. The Kier molecular flexibility index (Phi) is 8.47. The fourth-order valence-electron chi connectivity index (χ4n) is 2.19. The van der Waals surface area contributed by atoms with E-state index < -0.39 is 0 Å². The smallest absolute Gasteiger partial charge is 0.193 e. The molecule has 0 spiro atoms. The minimum Gasteiger partial charge on any atom is -0.373 e. The van der Waals surface area contributed by atoms with E-state index in [2.05, 4.69) is 53.4 Å². The van der Waals surface area contributed by atoms with Crippen molar-refractivity contribution in [2.24, 2.45) is 10.7 Å². The number of guanidine groups is 1. The van der Waals surface area contributed by atoms with Crippen LogP contribution in [-0.2, 0) is 6.42 Å². The molecule has 2 aromatic carbocycles. The van der Waals surface area contributed by atoms with Crippen LogP contribution in [-0.4, -0.2) is 26.1 Å². The molecule has 0 saturated heterocycles. The maximum absolute atomic E-state index is 5.94. The van der Waals surface area contributed by atoms with Gasteiger partial charge in [-0.1, -0.05) is 37.3 Å². The molecule has 124 valence electrons. The van der Waals surface area contributed by atoms with Gasteiger partial charge in [0.2, 0.25) is 0 Å². The molecule has 0 amide bonds. The zero-order chi connectivity index (χ0) is 15.8. The van der Waals surface area contributed by atoms with Crippen molar-refractivity contribution < 1.29 is 0 Å². The number of aryl methyl sites for hydroxylation is 1. The number of nitrogens with two attached hydrogens (primary N) is 1. The second kappa shape index (κ2) is 10.1. The number of benzene rings is 2. The van der Waals surface area contributed by atoms with Gasteiger partial charge in [-0.25, -0.2) is 0 Å². The topological polar surface area (TPSA) is 53.6 Å². The molecule has 0 atom stereocenters. The van der Waals surface area contributed by atoms with E-state index in [-0.39, 0.29) is 24.0 Å². The normalized spacial score (nSPS) is 10.8. The standard InChI is InChI=1S/C18H24N4.HI/c1-3-15-8-7-9-16(14-15)21-18(19)20-12-13-22(2)17-10-5-4-6-11-17;/h4-11,14H,3,12-13H2,1-2H3,(H3,19,20,21);1H. The Morgan fingerprint density at radius 3 is 2.57 bits per heavy atom. The Hall–Kier alpha value is -1.76. The van der Waals surface area contributed by atoms with Crippen molar-refractivity contribution in [3.05, 3.63) is 60.2 Å². The van der Waals surface area contributed by atoms with Gasteiger partial charge in [0.1, 0.15) is 0 Å². The van der Waals surface area contributed by atoms with Gasteiger partial charge in [-0.15, -0.1) is 24.0 Å². The fourth-order valence-corrected chi connectivity index (χ4v) is 2.19. The highest BCUT2D eigenvalue weighted by Gasteiger charge is 2.00. The Bertz CT molecular complexity index is 613. The average Bonchev–Trinajstić information content (AvgIpc) is 2.55. The molecular formula is C18H25IN4. The van der Waals surface area contributed by atoms with E-state index in [1.165, 1.54) is 11.3 Å². The maximum Gasteiger partial charge on any atom is 0.193 e. The first-order valence-electron chi connectivity index (χ1n) is 7.61. The number of para-hydroxylation sites is 1. The first-order valence-corrected chi connectivity index (χ1v) is 7.61. The lowest BCUT2D eigenvalue weighted by atomic mass is 10.1. The van der Waals surface area contributed by atoms with Crippen LogP contribution >= 0.6 is 24.0 Å². The number of rotatable bonds is 6. The molecule has 0 radical (unpaired) electrons. The molecule has 0 unspecified atom stereocenters. The molecule has 3 N–H and O–H groups in total. The van der Waals surface area contributed by atoms with Crippen LogP contribution in [0.5, 0.6) is 0 Å². The highest BCUT2D eigenvalue weighted by molar-refractivity contribution is 14.0. The number of aliphatic imine (C=N–C) groups is 1. The van der Waals surface area contributed by atoms with Crippen molar-refractivity contribution in [1.29, 1.82) is 0 Å². The third-order valence-corrected chi connectivity index (χ3v) is 3.52. The number of hydrogen-bond donors (Lipinski definition) is 2. The van der Waals surface area contributed by atoms with E-state index in [9.17, 15) is 0 Å². The minimum atomic E-state index is 0. The first-order chi connectivity index (χ1) is 10.7. The fraction of sp³-hybridized carbons (Fsp3) is 0.278. The number of halogens is 1. The number of hydrogen-bond acceptors (Lipinski definition) is 2. The number of anilines is 2. The summed E-state index contributed by atoms with van der Waals surface area (Å²) >= 11 is 0. The van der Waals surface area contributed by atoms with E-state index in [0.717, 1.165) is 18.7 Å². The molecule has 2 aromatic rings. The van der Waals surface area contributed by atoms with E-state index in [1.54, 1.807) is 0 Å². The summed E-state index contributed by atoms with van der Waals surface area (Å²) in [7, 11) is 2.05. The van der Waals surface area contributed by atoms with E-state index in [1.807, 2.05) is 30.3 Å². The van der Waals surface area contributed by atoms with Gasteiger partial charge >= 0.3 is 0 Å². The number of likely N-dealkylation sites (N-methyl/N-ethyl adjacent to an activating group) is 1. The summed E-state index contributed by atoms with van der Waals surface area (Å²) in [5.74, 6) is 0.453. The van der Waals surface area contributed by atoms with E-state index in [4.69, 9.17) is 5.73 Å². The SMILES string of the molecule is CCc1cccc(NC(N)=NCCN(C)c2ccccc2)c1.I. The Balaban J connectivity index is 0.00000264. The Morgan fingerprint density at radius 2 is 1.87 bits per heavy atom. The molecule has 5 heteroatoms. The van der Waals surface area contributed by atoms with Crippen LogP contribution in [0.1, 0.15) is 12.5 Å². The zero-order valence-electron chi connectivity index (χ0n) is 13.7. The maximum atomic E-state index is 5.94. The molecule has 0 aliphatic rings. The van der Waals surface area contributed by atoms with Gasteiger partial charge in [0.15, 0.2) is 5.96 Å². The molecule has 0 heterocycles. The summed E-state index contributed by atoms with van der Waals surface area (Å²) in [5.41, 5.74) is 9.39.